The molecule has 0 aliphatic rings. The van der Waals surface area contributed by atoms with Gasteiger partial charge < -0.3 is 20.5 Å². The molecule has 0 saturated heterocycles. The molecule has 0 fully saturated rings. The lowest BCUT2D eigenvalue weighted by atomic mass is 10.1. The molecule has 0 spiro atoms. The van der Waals surface area contributed by atoms with Gasteiger partial charge in [0.15, 0.2) is 5.69 Å². The van der Waals surface area contributed by atoms with E-state index < -0.39 is 22.8 Å². The minimum Gasteiger partial charge on any atom is -0.481 e. The molecule has 1 atom stereocenters. The molecule has 1 aromatic rings. The van der Waals surface area contributed by atoms with E-state index in [4.69, 9.17) is 5.11 Å². The first-order chi connectivity index (χ1) is 8.43. The standard InChI is InChI=1S/C10H13N3O5/c1-2-6(5-9(14)15)11-10(16)7-3-4-8(12-7)13(17)18/h3-4,6,12H,2,5H2,1H3,(H,11,16)(H,14,15). The zero-order valence-electron chi connectivity index (χ0n) is 9.67. The summed E-state index contributed by atoms with van der Waals surface area (Å²) < 4.78 is 0. The van der Waals surface area contributed by atoms with Crippen molar-refractivity contribution in [3.05, 3.63) is 27.9 Å². The molecule has 1 amide bonds. The van der Waals surface area contributed by atoms with E-state index in [1.807, 2.05) is 0 Å². The first kappa shape index (κ1) is 13.7. The fraction of sp³-hybridized carbons (Fsp3) is 0.400. The Hall–Kier alpha value is -2.38. The van der Waals surface area contributed by atoms with Crippen LogP contribution in [-0.4, -0.2) is 32.9 Å². The van der Waals surface area contributed by atoms with Crippen LogP contribution in [0.25, 0.3) is 0 Å². The lowest BCUT2D eigenvalue weighted by molar-refractivity contribution is -0.389. The summed E-state index contributed by atoms with van der Waals surface area (Å²) in [4.78, 5) is 34.3. The monoisotopic (exact) mass is 255 g/mol. The Morgan fingerprint density at radius 3 is 2.67 bits per heavy atom. The Bertz CT molecular complexity index is 468. The number of H-pyrrole nitrogens is 1. The molecule has 1 heterocycles. The number of amides is 1. The molecule has 0 bridgehead atoms. The van der Waals surface area contributed by atoms with Crippen molar-refractivity contribution in [3.8, 4) is 0 Å². The molecule has 1 rings (SSSR count). The van der Waals surface area contributed by atoms with E-state index in [0.717, 1.165) is 0 Å². The number of carboxylic acid groups (broad SMARTS) is 1. The predicted octanol–water partition coefficient (Wildman–Crippen LogP) is 0.906. The molecule has 0 aromatic carbocycles. The number of carboxylic acids is 1. The molecule has 8 nitrogen and oxygen atoms in total. The summed E-state index contributed by atoms with van der Waals surface area (Å²) in [5.74, 6) is -1.86. The maximum atomic E-state index is 11.7. The second-order valence-corrected chi connectivity index (χ2v) is 3.69. The van der Waals surface area contributed by atoms with Crippen LogP contribution in [0.5, 0.6) is 0 Å². The summed E-state index contributed by atoms with van der Waals surface area (Å²) in [6.07, 6.45) is 0.270. The van der Waals surface area contributed by atoms with E-state index in [1.54, 1.807) is 6.92 Å². The summed E-state index contributed by atoms with van der Waals surface area (Å²) in [5.41, 5.74) is 0.0329. The number of aliphatic carboxylic acids is 1. The van der Waals surface area contributed by atoms with Crippen molar-refractivity contribution < 1.29 is 19.6 Å². The molecule has 1 unspecified atom stereocenters. The van der Waals surface area contributed by atoms with Gasteiger partial charge >= 0.3 is 11.8 Å². The van der Waals surface area contributed by atoms with Crippen molar-refractivity contribution in [2.75, 3.05) is 0 Å². The summed E-state index contributed by atoms with van der Waals surface area (Å²) >= 11 is 0. The zero-order valence-corrected chi connectivity index (χ0v) is 9.67. The lowest BCUT2D eigenvalue weighted by Gasteiger charge is -2.12. The van der Waals surface area contributed by atoms with Crippen molar-refractivity contribution in [3.63, 3.8) is 0 Å². The Balaban J connectivity index is 2.68. The van der Waals surface area contributed by atoms with E-state index in [2.05, 4.69) is 10.3 Å². The Kier molecular flexibility index (Phi) is 4.41. The Morgan fingerprint density at radius 1 is 1.56 bits per heavy atom. The summed E-state index contributed by atoms with van der Waals surface area (Å²) in [6.45, 7) is 1.74. The van der Waals surface area contributed by atoms with Gasteiger partial charge in [-0.05, 0) is 17.4 Å². The first-order valence-electron chi connectivity index (χ1n) is 5.30. The van der Waals surface area contributed by atoms with Crippen LogP contribution in [0.3, 0.4) is 0 Å². The van der Waals surface area contributed by atoms with Crippen LogP contribution in [0.15, 0.2) is 12.1 Å². The number of aromatic amines is 1. The number of carbonyl (C=O) groups excluding carboxylic acids is 1. The largest absolute Gasteiger partial charge is 0.481 e. The van der Waals surface area contributed by atoms with E-state index >= 15 is 0 Å². The number of nitrogens with one attached hydrogen (secondary N) is 2. The topological polar surface area (TPSA) is 125 Å². The van der Waals surface area contributed by atoms with E-state index in [0.29, 0.717) is 6.42 Å². The van der Waals surface area contributed by atoms with Crippen molar-refractivity contribution in [1.29, 1.82) is 0 Å². The van der Waals surface area contributed by atoms with Crippen molar-refractivity contribution in [1.82, 2.24) is 10.3 Å². The normalized spacial score (nSPS) is 11.8. The third-order valence-corrected chi connectivity index (χ3v) is 2.36. The maximum absolute atomic E-state index is 11.7. The molecule has 98 valence electrons. The number of rotatable bonds is 6. The van der Waals surface area contributed by atoms with Gasteiger partial charge in [-0.25, -0.2) is 4.98 Å². The zero-order chi connectivity index (χ0) is 13.7. The quantitative estimate of drug-likeness (QED) is 0.514. The van der Waals surface area contributed by atoms with Gasteiger partial charge in [-0.1, -0.05) is 6.92 Å². The highest BCUT2D eigenvalue weighted by molar-refractivity contribution is 5.93. The minimum absolute atomic E-state index is 0.0329. The van der Waals surface area contributed by atoms with Gasteiger partial charge in [0, 0.05) is 12.1 Å². The van der Waals surface area contributed by atoms with Crippen LogP contribution >= 0.6 is 0 Å². The van der Waals surface area contributed by atoms with Gasteiger partial charge in [-0.2, -0.15) is 0 Å². The highest BCUT2D eigenvalue weighted by Gasteiger charge is 2.19. The number of nitro groups is 1. The van der Waals surface area contributed by atoms with Crippen LogP contribution in [0.1, 0.15) is 30.3 Å². The van der Waals surface area contributed by atoms with Gasteiger partial charge in [-0.15, -0.1) is 0 Å². The van der Waals surface area contributed by atoms with Crippen LogP contribution < -0.4 is 5.32 Å². The number of hydrogen-bond acceptors (Lipinski definition) is 4. The van der Waals surface area contributed by atoms with Gasteiger partial charge in [0.25, 0.3) is 5.91 Å². The van der Waals surface area contributed by atoms with Crippen molar-refractivity contribution in [2.24, 2.45) is 0 Å². The molecular weight excluding hydrogens is 242 g/mol. The Labute approximate surface area is 102 Å². The molecular formula is C10H13N3O5. The molecule has 0 saturated carbocycles. The first-order valence-corrected chi connectivity index (χ1v) is 5.30. The SMILES string of the molecule is CCC(CC(=O)O)NC(=O)c1ccc([N+](=O)[O-])[nH]1. The second kappa shape index (κ2) is 5.80. The molecule has 8 heteroatoms. The number of carbonyl (C=O) groups is 2. The maximum Gasteiger partial charge on any atom is 0.321 e. The molecule has 18 heavy (non-hydrogen) atoms. The highest BCUT2D eigenvalue weighted by Crippen LogP contribution is 2.10. The summed E-state index contributed by atoms with van der Waals surface area (Å²) in [7, 11) is 0. The average molecular weight is 255 g/mol. The fourth-order valence-electron chi connectivity index (χ4n) is 1.39. The van der Waals surface area contributed by atoms with Crippen LogP contribution in [0, 0.1) is 10.1 Å². The Morgan fingerprint density at radius 2 is 2.22 bits per heavy atom. The third-order valence-electron chi connectivity index (χ3n) is 2.36. The van der Waals surface area contributed by atoms with Gasteiger partial charge in [-0.3, -0.25) is 9.59 Å². The lowest BCUT2D eigenvalue weighted by Crippen LogP contribution is -2.36. The van der Waals surface area contributed by atoms with Crippen LogP contribution in [0.2, 0.25) is 0 Å². The molecule has 3 N–H and O–H groups in total. The third kappa shape index (κ3) is 3.58. The summed E-state index contributed by atoms with van der Waals surface area (Å²) in [5, 5.41) is 21.5. The highest BCUT2D eigenvalue weighted by atomic mass is 16.6. The molecule has 1 aromatic heterocycles. The number of hydrogen-bond donors (Lipinski definition) is 3. The molecule has 0 aliphatic heterocycles. The van der Waals surface area contributed by atoms with Crippen molar-refractivity contribution in [2.45, 2.75) is 25.8 Å². The van der Waals surface area contributed by atoms with Crippen LogP contribution in [-0.2, 0) is 4.79 Å². The van der Waals surface area contributed by atoms with E-state index in [9.17, 15) is 19.7 Å². The summed E-state index contributed by atoms with van der Waals surface area (Å²) in [6, 6.07) is 1.95. The number of aromatic nitrogens is 1. The predicted molar refractivity (Wildman–Crippen MR) is 61.2 cm³/mol. The van der Waals surface area contributed by atoms with Crippen molar-refractivity contribution >= 4 is 17.7 Å². The molecule has 0 aliphatic carbocycles. The fourth-order valence-corrected chi connectivity index (χ4v) is 1.39. The number of nitrogens with zero attached hydrogens (tertiary/aromatic N) is 1. The van der Waals surface area contributed by atoms with Gasteiger partial charge in [0.2, 0.25) is 0 Å². The minimum atomic E-state index is -1.01. The average Bonchev–Trinajstić information content (AvgIpc) is 2.76. The van der Waals surface area contributed by atoms with E-state index in [-0.39, 0.29) is 17.9 Å². The van der Waals surface area contributed by atoms with Crippen LogP contribution in [0.4, 0.5) is 5.82 Å². The smallest absolute Gasteiger partial charge is 0.321 e. The van der Waals surface area contributed by atoms with Gasteiger partial charge in [0.05, 0.1) is 6.42 Å². The molecule has 0 radical (unpaired) electrons. The van der Waals surface area contributed by atoms with E-state index in [1.165, 1.54) is 12.1 Å². The second-order valence-electron chi connectivity index (χ2n) is 3.69. The van der Waals surface area contributed by atoms with Gasteiger partial charge in [0.1, 0.15) is 0 Å².